The van der Waals surface area contributed by atoms with E-state index in [4.69, 9.17) is 5.14 Å². The third-order valence-corrected chi connectivity index (χ3v) is 5.04. The second kappa shape index (κ2) is 9.57. The van der Waals surface area contributed by atoms with Crippen molar-refractivity contribution < 1.29 is 21.6 Å². The van der Waals surface area contributed by atoms with E-state index < -0.39 is 21.8 Å². The minimum absolute atomic E-state index is 0.0656. The van der Waals surface area contributed by atoms with Crippen LogP contribution in [0.15, 0.2) is 29.3 Å². The molecular weight excluding hydrogens is 395 g/mol. The first-order valence-electron chi connectivity index (χ1n) is 9.00. The summed E-state index contributed by atoms with van der Waals surface area (Å²) in [6.07, 6.45) is -3.48. The highest BCUT2D eigenvalue weighted by molar-refractivity contribution is 7.89. The van der Waals surface area contributed by atoms with Gasteiger partial charge in [-0.1, -0.05) is 12.1 Å². The van der Waals surface area contributed by atoms with Gasteiger partial charge in [0.1, 0.15) is 0 Å². The zero-order valence-corrected chi connectivity index (χ0v) is 16.5. The first-order chi connectivity index (χ1) is 13.1. The maximum atomic E-state index is 12.6. The molecule has 0 aliphatic carbocycles. The quantitative estimate of drug-likeness (QED) is 0.453. The van der Waals surface area contributed by atoms with Crippen LogP contribution in [0, 0.1) is 0 Å². The van der Waals surface area contributed by atoms with Crippen molar-refractivity contribution in [3.63, 3.8) is 0 Å². The molecular formula is C17H26F3N5O2S. The van der Waals surface area contributed by atoms with Gasteiger partial charge in [0.15, 0.2) is 5.96 Å². The summed E-state index contributed by atoms with van der Waals surface area (Å²) in [6.45, 7) is 4.67. The Morgan fingerprint density at radius 2 is 2.00 bits per heavy atom. The van der Waals surface area contributed by atoms with Crippen LogP contribution >= 0.6 is 0 Å². The molecule has 1 saturated heterocycles. The predicted molar refractivity (Wildman–Crippen MR) is 102 cm³/mol. The molecule has 1 aliphatic heterocycles. The average molecular weight is 421 g/mol. The highest BCUT2D eigenvalue weighted by atomic mass is 32.2. The first-order valence-corrected chi connectivity index (χ1v) is 10.7. The van der Waals surface area contributed by atoms with E-state index in [1.165, 1.54) is 12.1 Å². The van der Waals surface area contributed by atoms with E-state index in [1.54, 1.807) is 0 Å². The summed E-state index contributed by atoms with van der Waals surface area (Å²) in [5.74, 6) is 0.293. The van der Waals surface area contributed by atoms with Crippen molar-refractivity contribution >= 4 is 16.0 Å². The number of primary sulfonamides is 1. The fraction of sp³-hybridized carbons (Fsp3) is 0.588. The van der Waals surface area contributed by atoms with Gasteiger partial charge in [-0.15, -0.1) is 0 Å². The van der Waals surface area contributed by atoms with Crippen molar-refractivity contribution in [3.05, 3.63) is 35.4 Å². The van der Waals surface area contributed by atoms with Gasteiger partial charge in [-0.3, -0.25) is 9.89 Å². The molecule has 1 unspecified atom stereocenters. The Labute approximate surface area is 163 Å². The number of guanidine groups is 1. The van der Waals surface area contributed by atoms with Crippen LogP contribution in [0.25, 0.3) is 0 Å². The lowest BCUT2D eigenvalue weighted by Gasteiger charge is -2.19. The Balaban J connectivity index is 1.87. The van der Waals surface area contributed by atoms with Gasteiger partial charge in [0.2, 0.25) is 10.0 Å². The molecule has 0 saturated carbocycles. The maximum absolute atomic E-state index is 12.6. The van der Waals surface area contributed by atoms with Crippen LogP contribution in [0.1, 0.15) is 24.5 Å². The van der Waals surface area contributed by atoms with Crippen LogP contribution in [-0.4, -0.2) is 57.3 Å². The van der Waals surface area contributed by atoms with Crippen LogP contribution in [0.2, 0.25) is 0 Å². The summed E-state index contributed by atoms with van der Waals surface area (Å²) in [5.41, 5.74) is 0.172. The Bertz CT molecular complexity index is 766. The Kier molecular flexibility index (Phi) is 7.67. The molecule has 4 N–H and O–H groups in total. The number of aliphatic imine (C=N–C) groups is 1. The van der Waals surface area contributed by atoms with E-state index >= 15 is 0 Å². The van der Waals surface area contributed by atoms with Gasteiger partial charge in [-0.25, -0.2) is 13.6 Å². The summed E-state index contributed by atoms with van der Waals surface area (Å²) in [7, 11) is -3.56. The Hall–Kier alpha value is -1.85. The number of rotatable bonds is 7. The van der Waals surface area contributed by atoms with Gasteiger partial charge >= 0.3 is 6.18 Å². The molecule has 0 radical (unpaired) electrons. The van der Waals surface area contributed by atoms with E-state index in [0.29, 0.717) is 25.6 Å². The fourth-order valence-corrected chi connectivity index (χ4v) is 3.30. The molecule has 1 aliphatic rings. The lowest BCUT2D eigenvalue weighted by atomic mass is 10.1. The molecule has 1 heterocycles. The van der Waals surface area contributed by atoms with Gasteiger partial charge < -0.3 is 10.6 Å². The Morgan fingerprint density at radius 3 is 2.57 bits per heavy atom. The standard InChI is InChI=1S/C17H26F3N5O2S/c1-2-22-16(23-8-10-28(21,26)27)24-15-7-9-25(12-15)11-13-3-5-14(6-4-13)17(18,19)20/h3-6,15H,2,7-12H2,1H3,(H2,21,26,27)(H2,22,23,24). The number of halogens is 3. The molecule has 1 aromatic rings. The van der Waals surface area contributed by atoms with Gasteiger partial charge in [-0.2, -0.15) is 13.2 Å². The van der Waals surface area contributed by atoms with Crippen LogP contribution in [0.4, 0.5) is 13.2 Å². The molecule has 2 rings (SSSR count). The zero-order chi connectivity index (χ0) is 20.8. The van der Waals surface area contributed by atoms with Crippen LogP contribution < -0.4 is 15.8 Å². The number of nitrogens with one attached hydrogen (secondary N) is 2. The van der Waals surface area contributed by atoms with Gasteiger partial charge in [0.25, 0.3) is 0 Å². The van der Waals surface area contributed by atoms with E-state index in [9.17, 15) is 21.6 Å². The Morgan fingerprint density at radius 1 is 1.32 bits per heavy atom. The van der Waals surface area contributed by atoms with Crippen LogP contribution in [0.3, 0.4) is 0 Å². The first kappa shape index (κ1) is 22.4. The van der Waals surface area contributed by atoms with E-state index in [-0.39, 0.29) is 18.3 Å². The number of nitrogens with zero attached hydrogens (tertiary/aromatic N) is 2. The molecule has 0 amide bonds. The SMILES string of the molecule is CCNC(=NCCS(N)(=O)=O)NC1CCN(Cc2ccc(C(F)(F)F)cc2)C1. The second-order valence-corrected chi connectivity index (χ2v) is 8.42. The molecule has 0 aromatic heterocycles. The van der Waals surface area contributed by atoms with E-state index in [0.717, 1.165) is 30.7 Å². The number of alkyl halides is 3. The second-order valence-electron chi connectivity index (χ2n) is 6.69. The van der Waals surface area contributed by atoms with Gasteiger partial charge in [0, 0.05) is 32.2 Å². The van der Waals surface area contributed by atoms with Crippen molar-refractivity contribution in [2.45, 2.75) is 32.1 Å². The summed E-state index contributed by atoms with van der Waals surface area (Å²) >= 11 is 0. The molecule has 1 atom stereocenters. The molecule has 1 aromatic carbocycles. The normalized spacial score (nSPS) is 19.0. The summed E-state index contributed by atoms with van der Waals surface area (Å²) in [4.78, 5) is 6.36. The largest absolute Gasteiger partial charge is 0.416 e. The van der Waals surface area contributed by atoms with E-state index in [2.05, 4.69) is 20.5 Å². The third-order valence-electron chi connectivity index (χ3n) is 4.29. The summed E-state index contributed by atoms with van der Waals surface area (Å²) in [6, 6.07) is 5.32. The highest BCUT2D eigenvalue weighted by Gasteiger charge is 2.30. The van der Waals surface area contributed by atoms with Gasteiger partial charge in [0.05, 0.1) is 17.9 Å². The summed E-state index contributed by atoms with van der Waals surface area (Å²) in [5, 5.41) is 11.3. The third kappa shape index (κ3) is 7.64. The number of likely N-dealkylation sites (tertiary alicyclic amines) is 1. The molecule has 28 heavy (non-hydrogen) atoms. The number of nitrogens with two attached hydrogens (primary N) is 1. The molecule has 0 spiro atoms. The lowest BCUT2D eigenvalue weighted by Crippen LogP contribution is -2.44. The monoisotopic (exact) mass is 421 g/mol. The minimum atomic E-state index is -4.33. The zero-order valence-electron chi connectivity index (χ0n) is 15.7. The lowest BCUT2D eigenvalue weighted by molar-refractivity contribution is -0.137. The van der Waals surface area contributed by atoms with Crippen molar-refractivity contribution in [1.82, 2.24) is 15.5 Å². The molecule has 158 valence electrons. The predicted octanol–water partition coefficient (Wildman–Crippen LogP) is 1.12. The van der Waals surface area contributed by atoms with Gasteiger partial charge in [-0.05, 0) is 31.0 Å². The molecule has 11 heteroatoms. The minimum Gasteiger partial charge on any atom is -0.357 e. The molecule has 1 fully saturated rings. The maximum Gasteiger partial charge on any atom is 0.416 e. The smallest absolute Gasteiger partial charge is 0.357 e. The molecule has 7 nitrogen and oxygen atoms in total. The van der Waals surface area contributed by atoms with Crippen molar-refractivity contribution in [3.8, 4) is 0 Å². The average Bonchev–Trinajstić information content (AvgIpc) is 3.00. The van der Waals surface area contributed by atoms with Crippen molar-refractivity contribution in [2.24, 2.45) is 10.1 Å². The molecule has 0 bridgehead atoms. The number of hydrogen-bond acceptors (Lipinski definition) is 4. The highest BCUT2D eigenvalue weighted by Crippen LogP contribution is 2.29. The van der Waals surface area contributed by atoms with Crippen molar-refractivity contribution in [1.29, 1.82) is 0 Å². The summed E-state index contributed by atoms with van der Waals surface area (Å²) < 4.78 is 59.9. The van der Waals surface area contributed by atoms with Crippen LogP contribution in [0.5, 0.6) is 0 Å². The number of hydrogen-bond donors (Lipinski definition) is 3. The number of sulfonamides is 1. The van der Waals surface area contributed by atoms with E-state index in [1.807, 2.05) is 6.92 Å². The van der Waals surface area contributed by atoms with Crippen molar-refractivity contribution in [2.75, 3.05) is 31.9 Å². The van der Waals surface area contributed by atoms with Crippen LogP contribution in [-0.2, 0) is 22.7 Å². The topological polar surface area (TPSA) is 99.8 Å². The number of benzene rings is 1. The fourth-order valence-electron chi connectivity index (χ4n) is 2.95.